The zero-order chi connectivity index (χ0) is 18.0. The molecule has 6 heteroatoms. The number of likely N-dealkylation sites (tertiary alicyclic amines) is 1. The van der Waals surface area contributed by atoms with Gasteiger partial charge in [0.2, 0.25) is 17.7 Å². The molecular weight excluding hydrogens is 318 g/mol. The van der Waals surface area contributed by atoms with Crippen molar-refractivity contribution in [3.63, 3.8) is 0 Å². The van der Waals surface area contributed by atoms with Crippen LogP contribution in [0.1, 0.15) is 52.4 Å². The van der Waals surface area contributed by atoms with Gasteiger partial charge in [-0.3, -0.25) is 14.4 Å². The number of rotatable bonds is 4. The highest BCUT2D eigenvalue weighted by Gasteiger charge is 2.41. The van der Waals surface area contributed by atoms with Gasteiger partial charge in [0.15, 0.2) is 0 Å². The Balaban J connectivity index is 1.55. The summed E-state index contributed by atoms with van der Waals surface area (Å²) >= 11 is 0. The number of amides is 3. The summed E-state index contributed by atoms with van der Waals surface area (Å²) in [4.78, 5) is 43.0. The third-order valence-electron chi connectivity index (χ3n) is 5.74. The first-order valence-electron chi connectivity index (χ1n) is 9.81. The molecule has 2 heterocycles. The smallest absolute Gasteiger partial charge is 0.242 e. The maximum Gasteiger partial charge on any atom is 0.242 e. The molecule has 1 unspecified atom stereocenters. The van der Waals surface area contributed by atoms with Crippen molar-refractivity contribution in [2.75, 3.05) is 32.7 Å². The quantitative estimate of drug-likeness (QED) is 0.773. The highest BCUT2D eigenvalue weighted by Crippen LogP contribution is 2.29. The van der Waals surface area contributed by atoms with Gasteiger partial charge in [0, 0.05) is 38.6 Å². The molecule has 3 rings (SSSR count). The van der Waals surface area contributed by atoms with E-state index in [9.17, 15) is 14.4 Å². The normalized spacial score (nSPS) is 26.0. The highest BCUT2D eigenvalue weighted by molar-refractivity contribution is 5.92. The van der Waals surface area contributed by atoms with Crippen LogP contribution in [0.25, 0.3) is 0 Å². The van der Waals surface area contributed by atoms with E-state index in [1.165, 1.54) is 19.3 Å². The van der Waals surface area contributed by atoms with E-state index >= 15 is 0 Å². The van der Waals surface area contributed by atoms with E-state index in [1.807, 2.05) is 9.80 Å². The first kappa shape index (κ1) is 18.2. The van der Waals surface area contributed by atoms with Crippen molar-refractivity contribution >= 4 is 17.7 Å². The summed E-state index contributed by atoms with van der Waals surface area (Å²) in [5.74, 6) is 0.308. The molecule has 0 aromatic rings. The fourth-order valence-corrected chi connectivity index (χ4v) is 4.43. The number of nitrogens with zero attached hydrogens (tertiary/aromatic N) is 3. The van der Waals surface area contributed by atoms with Gasteiger partial charge >= 0.3 is 0 Å². The van der Waals surface area contributed by atoms with Gasteiger partial charge in [0.1, 0.15) is 0 Å². The van der Waals surface area contributed by atoms with Crippen LogP contribution in [0.15, 0.2) is 0 Å². The first-order chi connectivity index (χ1) is 12.0. The third-order valence-corrected chi connectivity index (χ3v) is 5.74. The lowest BCUT2D eigenvalue weighted by atomic mass is 9.94. The van der Waals surface area contributed by atoms with Crippen LogP contribution in [0, 0.1) is 11.8 Å². The van der Waals surface area contributed by atoms with Gasteiger partial charge < -0.3 is 14.7 Å². The average molecular weight is 349 g/mol. The largest absolute Gasteiger partial charge is 0.339 e. The fourth-order valence-electron chi connectivity index (χ4n) is 4.43. The predicted molar refractivity (Wildman–Crippen MR) is 94.7 cm³/mol. The molecule has 0 N–H and O–H groups in total. The van der Waals surface area contributed by atoms with Crippen molar-refractivity contribution in [1.82, 2.24) is 14.7 Å². The molecule has 3 aliphatic rings. The first-order valence-corrected chi connectivity index (χ1v) is 9.81. The van der Waals surface area contributed by atoms with Gasteiger partial charge in [0.05, 0.1) is 12.5 Å². The lowest BCUT2D eigenvalue weighted by molar-refractivity contribution is -0.147. The molecule has 3 amide bonds. The SMILES string of the molecule is CC(C)CN1CCN(C(=O)C2CC(=O)N(C3CCCCC3)C2)CC1=O. The van der Waals surface area contributed by atoms with E-state index in [-0.39, 0.29) is 30.2 Å². The summed E-state index contributed by atoms with van der Waals surface area (Å²) in [6.45, 7) is 6.84. The monoisotopic (exact) mass is 349 g/mol. The molecule has 2 saturated heterocycles. The summed E-state index contributed by atoms with van der Waals surface area (Å²) in [6.07, 6.45) is 6.07. The molecule has 0 bridgehead atoms. The lowest BCUT2D eigenvalue weighted by Crippen LogP contribution is -2.54. The zero-order valence-electron chi connectivity index (χ0n) is 15.6. The van der Waals surface area contributed by atoms with Crippen molar-refractivity contribution in [3.05, 3.63) is 0 Å². The molecule has 1 atom stereocenters. The molecule has 2 aliphatic heterocycles. The van der Waals surface area contributed by atoms with Gasteiger partial charge in [-0.05, 0) is 18.8 Å². The number of carbonyl (C=O) groups excluding carboxylic acids is 3. The molecule has 6 nitrogen and oxygen atoms in total. The van der Waals surface area contributed by atoms with Crippen LogP contribution in [0.3, 0.4) is 0 Å². The third kappa shape index (κ3) is 4.15. The standard InChI is InChI=1S/C19H31N3O3/c1-14(2)11-20-8-9-21(13-18(20)24)19(25)15-10-17(23)22(12-15)16-6-4-3-5-7-16/h14-16H,3-13H2,1-2H3. The number of piperazine rings is 1. The van der Waals surface area contributed by atoms with E-state index in [0.717, 1.165) is 19.4 Å². The van der Waals surface area contributed by atoms with Gasteiger partial charge in [-0.2, -0.15) is 0 Å². The Hall–Kier alpha value is -1.59. The second-order valence-electron chi connectivity index (χ2n) is 8.23. The molecule has 1 aliphatic carbocycles. The molecule has 1 saturated carbocycles. The van der Waals surface area contributed by atoms with Crippen molar-refractivity contribution in [1.29, 1.82) is 0 Å². The maximum atomic E-state index is 12.8. The topological polar surface area (TPSA) is 60.9 Å². The van der Waals surface area contributed by atoms with Crippen LogP contribution in [-0.2, 0) is 14.4 Å². The Morgan fingerprint density at radius 3 is 2.44 bits per heavy atom. The highest BCUT2D eigenvalue weighted by atomic mass is 16.2. The van der Waals surface area contributed by atoms with Crippen molar-refractivity contribution in [2.24, 2.45) is 11.8 Å². The van der Waals surface area contributed by atoms with Crippen molar-refractivity contribution < 1.29 is 14.4 Å². The number of hydrogen-bond donors (Lipinski definition) is 0. The molecule has 140 valence electrons. The van der Waals surface area contributed by atoms with E-state index < -0.39 is 0 Å². The number of carbonyl (C=O) groups is 3. The summed E-state index contributed by atoms with van der Waals surface area (Å²) in [7, 11) is 0. The van der Waals surface area contributed by atoms with Crippen LogP contribution in [-0.4, -0.2) is 71.2 Å². The molecular formula is C19H31N3O3. The molecule has 25 heavy (non-hydrogen) atoms. The predicted octanol–water partition coefficient (Wildman–Crippen LogP) is 1.49. The van der Waals surface area contributed by atoms with Crippen molar-refractivity contribution in [2.45, 2.75) is 58.4 Å². The molecule has 0 spiro atoms. The molecule has 0 aromatic heterocycles. The minimum atomic E-state index is -0.265. The van der Waals surface area contributed by atoms with E-state index in [0.29, 0.717) is 38.0 Å². The Labute approximate surface area is 150 Å². The summed E-state index contributed by atoms with van der Waals surface area (Å²) < 4.78 is 0. The van der Waals surface area contributed by atoms with Crippen molar-refractivity contribution in [3.8, 4) is 0 Å². The number of hydrogen-bond acceptors (Lipinski definition) is 3. The van der Waals surface area contributed by atoms with E-state index in [4.69, 9.17) is 0 Å². The average Bonchev–Trinajstić information content (AvgIpc) is 2.98. The van der Waals surface area contributed by atoms with Crippen LogP contribution >= 0.6 is 0 Å². The summed E-state index contributed by atoms with van der Waals surface area (Å²) in [6, 6.07) is 0.323. The van der Waals surface area contributed by atoms with E-state index in [2.05, 4.69) is 13.8 Å². The fraction of sp³-hybridized carbons (Fsp3) is 0.842. The molecule has 0 aromatic carbocycles. The van der Waals surface area contributed by atoms with Crippen LogP contribution in [0.5, 0.6) is 0 Å². The van der Waals surface area contributed by atoms with Gasteiger partial charge in [-0.25, -0.2) is 0 Å². The van der Waals surface area contributed by atoms with Gasteiger partial charge in [0.25, 0.3) is 0 Å². The summed E-state index contributed by atoms with van der Waals surface area (Å²) in [5, 5.41) is 0. The minimum Gasteiger partial charge on any atom is -0.339 e. The van der Waals surface area contributed by atoms with Crippen LogP contribution < -0.4 is 0 Å². The van der Waals surface area contributed by atoms with Crippen LogP contribution in [0.2, 0.25) is 0 Å². The second-order valence-corrected chi connectivity index (χ2v) is 8.23. The lowest BCUT2D eigenvalue weighted by Gasteiger charge is -2.36. The van der Waals surface area contributed by atoms with Gasteiger partial charge in [-0.1, -0.05) is 33.1 Å². The molecule has 3 fully saturated rings. The Morgan fingerprint density at radius 2 is 1.80 bits per heavy atom. The zero-order valence-corrected chi connectivity index (χ0v) is 15.6. The molecule has 0 radical (unpaired) electrons. The minimum absolute atomic E-state index is 0.00999. The second kappa shape index (κ2) is 7.75. The van der Waals surface area contributed by atoms with Crippen LogP contribution in [0.4, 0.5) is 0 Å². The van der Waals surface area contributed by atoms with E-state index in [1.54, 1.807) is 4.90 Å². The maximum absolute atomic E-state index is 12.8. The Kier molecular flexibility index (Phi) is 5.64. The van der Waals surface area contributed by atoms with Gasteiger partial charge in [-0.15, -0.1) is 0 Å². The summed E-state index contributed by atoms with van der Waals surface area (Å²) in [5.41, 5.74) is 0. The Bertz CT molecular complexity index is 528. The Morgan fingerprint density at radius 1 is 1.08 bits per heavy atom.